The first kappa shape index (κ1) is 14.2. The molecule has 0 atom stereocenters. The summed E-state index contributed by atoms with van der Waals surface area (Å²) in [5.74, 6) is -1.61. The number of piperidine rings is 1. The van der Waals surface area contributed by atoms with E-state index in [1.54, 1.807) is 12.4 Å². The van der Waals surface area contributed by atoms with Crippen molar-refractivity contribution in [2.45, 2.75) is 31.7 Å². The first-order valence-corrected chi connectivity index (χ1v) is 7.24. The van der Waals surface area contributed by atoms with Gasteiger partial charge in [0.2, 0.25) is 0 Å². The molecule has 1 aliphatic heterocycles. The van der Waals surface area contributed by atoms with Crippen LogP contribution in [0.25, 0.3) is 0 Å². The maximum absolute atomic E-state index is 13.3. The van der Waals surface area contributed by atoms with E-state index in [1.807, 2.05) is 10.8 Å². The van der Waals surface area contributed by atoms with Gasteiger partial charge in [0.15, 0.2) is 11.6 Å². The van der Waals surface area contributed by atoms with E-state index in [-0.39, 0.29) is 5.41 Å². The lowest BCUT2D eigenvalue weighted by atomic mass is 9.78. The number of benzene rings is 1. The second-order valence-corrected chi connectivity index (χ2v) is 5.97. The summed E-state index contributed by atoms with van der Waals surface area (Å²) in [5.41, 5.74) is 1.99. The van der Waals surface area contributed by atoms with Gasteiger partial charge in [0.05, 0.1) is 6.33 Å². The standard InChI is InChI=1S/C16H19F2N3/c1-16(4-6-19-7-5-16)15-9-20-11-21(15)10-12-2-3-13(17)14(18)8-12/h2-3,8-9,11,19H,4-7,10H2,1H3. The number of hydrogen-bond donors (Lipinski definition) is 1. The van der Waals surface area contributed by atoms with Crippen LogP contribution in [0.3, 0.4) is 0 Å². The molecule has 1 aliphatic rings. The van der Waals surface area contributed by atoms with E-state index in [2.05, 4.69) is 17.2 Å². The van der Waals surface area contributed by atoms with Gasteiger partial charge in [-0.2, -0.15) is 0 Å². The molecule has 3 nitrogen and oxygen atoms in total. The number of nitrogens with one attached hydrogen (secondary N) is 1. The molecule has 1 N–H and O–H groups in total. The second kappa shape index (κ2) is 5.56. The fourth-order valence-electron chi connectivity index (χ4n) is 3.02. The van der Waals surface area contributed by atoms with E-state index in [1.165, 1.54) is 12.1 Å². The Morgan fingerprint density at radius 1 is 1.24 bits per heavy atom. The molecule has 0 aliphatic carbocycles. The van der Waals surface area contributed by atoms with Crippen molar-refractivity contribution in [1.29, 1.82) is 0 Å². The van der Waals surface area contributed by atoms with Gasteiger partial charge in [-0.3, -0.25) is 0 Å². The van der Waals surface area contributed by atoms with Crippen LogP contribution in [0.4, 0.5) is 8.78 Å². The van der Waals surface area contributed by atoms with Crippen LogP contribution in [0.2, 0.25) is 0 Å². The Hall–Kier alpha value is -1.75. The molecule has 0 unspecified atom stereocenters. The van der Waals surface area contributed by atoms with Gasteiger partial charge in [-0.1, -0.05) is 13.0 Å². The van der Waals surface area contributed by atoms with Crippen molar-refractivity contribution in [1.82, 2.24) is 14.9 Å². The van der Waals surface area contributed by atoms with Crippen LogP contribution in [-0.2, 0) is 12.0 Å². The summed E-state index contributed by atoms with van der Waals surface area (Å²) < 4.78 is 28.4. The summed E-state index contributed by atoms with van der Waals surface area (Å²) >= 11 is 0. The Morgan fingerprint density at radius 2 is 2.00 bits per heavy atom. The molecule has 3 rings (SSSR count). The Bertz CT molecular complexity index is 630. The van der Waals surface area contributed by atoms with E-state index in [0.29, 0.717) is 6.54 Å². The second-order valence-electron chi connectivity index (χ2n) is 5.97. The van der Waals surface area contributed by atoms with Crippen molar-refractivity contribution in [3.8, 4) is 0 Å². The van der Waals surface area contributed by atoms with Crippen molar-refractivity contribution >= 4 is 0 Å². The highest BCUT2D eigenvalue weighted by Gasteiger charge is 2.31. The molecule has 0 saturated carbocycles. The molecule has 0 amide bonds. The largest absolute Gasteiger partial charge is 0.330 e. The van der Waals surface area contributed by atoms with Crippen molar-refractivity contribution in [2.24, 2.45) is 0 Å². The van der Waals surface area contributed by atoms with Crippen molar-refractivity contribution in [3.05, 3.63) is 53.6 Å². The van der Waals surface area contributed by atoms with E-state index in [4.69, 9.17) is 0 Å². The minimum Gasteiger partial charge on any atom is -0.330 e. The zero-order valence-electron chi connectivity index (χ0n) is 12.1. The van der Waals surface area contributed by atoms with Crippen LogP contribution in [0.5, 0.6) is 0 Å². The lowest BCUT2D eigenvalue weighted by molar-refractivity contribution is 0.318. The Kier molecular flexibility index (Phi) is 3.76. The fourth-order valence-corrected chi connectivity index (χ4v) is 3.02. The predicted octanol–water partition coefficient (Wildman–Crippen LogP) is 2.85. The van der Waals surface area contributed by atoms with Gasteiger partial charge < -0.3 is 9.88 Å². The highest BCUT2D eigenvalue weighted by Crippen LogP contribution is 2.32. The number of aromatic nitrogens is 2. The van der Waals surface area contributed by atoms with Gasteiger partial charge >= 0.3 is 0 Å². The number of hydrogen-bond acceptors (Lipinski definition) is 2. The third kappa shape index (κ3) is 2.83. The molecule has 1 fully saturated rings. The van der Waals surface area contributed by atoms with Crippen LogP contribution in [0.1, 0.15) is 31.0 Å². The number of imidazole rings is 1. The summed E-state index contributed by atoms with van der Waals surface area (Å²) in [5, 5.41) is 3.36. The Morgan fingerprint density at radius 3 is 2.71 bits per heavy atom. The smallest absolute Gasteiger partial charge is 0.159 e. The molecular formula is C16H19F2N3. The Labute approximate surface area is 123 Å². The molecule has 0 radical (unpaired) electrons. The average molecular weight is 291 g/mol. The monoisotopic (exact) mass is 291 g/mol. The van der Waals surface area contributed by atoms with Crippen LogP contribution in [0.15, 0.2) is 30.7 Å². The van der Waals surface area contributed by atoms with Crippen LogP contribution >= 0.6 is 0 Å². The molecule has 0 spiro atoms. The van der Waals surface area contributed by atoms with Gasteiger partial charge in [-0.15, -0.1) is 0 Å². The first-order chi connectivity index (χ1) is 10.1. The molecule has 21 heavy (non-hydrogen) atoms. The third-order valence-electron chi connectivity index (χ3n) is 4.37. The zero-order chi connectivity index (χ0) is 14.9. The number of rotatable bonds is 3. The lowest BCUT2D eigenvalue weighted by Crippen LogP contribution is -2.39. The summed E-state index contributed by atoms with van der Waals surface area (Å²) in [6, 6.07) is 4.05. The highest BCUT2D eigenvalue weighted by molar-refractivity contribution is 5.21. The van der Waals surface area contributed by atoms with E-state index in [0.717, 1.165) is 37.2 Å². The van der Waals surface area contributed by atoms with Crippen LogP contribution in [-0.4, -0.2) is 22.6 Å². The molecular weight excluding hydrogens is 272 g/mol. The lowest BCUT2D eigenvalue weighted by Gasteiger charge is -2.34. The van der Waals surface area contributed by atoms with Crippen LogP contribution in [0, 0.1) is 11.6 Å². The summed E-state index contributed by atoms with van der Waals surface area (Å²) in [6.07, 6.45) is 5.77. The topological polar surface area (TPSA) is 29.9 Å². The average Bonchev–Trinajstić information content (AvgIpc) is 2.93. The molecule has 5 heteroatoms. The van der Waals surface area contributed by atoms with Crippen molar-refractivity contribution in [3.63, 3.8) is 0 Å². The van der Waals surface area contributed by atoms with Crippen LogP contribution < -0.4 is 5.32 Å². The van der Waals surface area contributed by atoms with Gasteiger partial charge in [-0.05, 0) is 43.6 Å². The quantitative estimate of drug-likeness (QED) is 0.942. The van der Waals surface area contributed by atoms with E-state index >= 15 is 0 Å². The van der Waals surface area contributed by atoms with Crippen molar-refractivity contribution in [2.75, 3.05) is 13.1 Å². The number of halogens is 2. The first-order valence-electron chi connectivity index (χ1n) is 7.24. The molecule has 112 valence electrons. The molecule has 2 aromatic rings. The minimum atomic E-state index is -0.810. The van der Waals surface area contributed by atoms with Gasteiger partial charge in [0.25, 0.3) is 0 Å². The van der Waals surface area contributed by atoms with Gasteiger partial charge in [-0.25, -0.2) is 13.8 Å². The number of nitrogens with zero attached hydrogens (tertiary/aromatic N) is 2. The Balaban J connectivity index is 1.86. The van der Waals surface area contributed by atoms with Crippen molar-refractivity contribution < 1.29 is 8.78 Å². The van der Waals surface area contributed by atoms with E-state index < -0.39 is 11.6 Å². The van der Waals surface area contributed by atoms with Gasteiger partial charge in [0, 0.05) is 23.9 Å². The summed E-state index contributed by atoms with van der Waals surface area (Å²) in [7, 11) is 0. The SMILES string of the molecule is CC1(c2cncn2Cc2ccc(F)c(F)c2)CCNCC1. The molecule has 1 saturated heterocycles. The molecule has 2 heterocycles. The minimum absolute atomic E-state index is 0.0837. The fraction of sp³-hybridized carbons (Fsp3) is 0.438. The van der Waals surface area contributed by atoms with Gasteiger partial charge in [0.1, 0.15) is 0 Å². The van der Waals surface area contributed by atoms with E-state index in [9.17, 15) is 8.78 Å². The highest BCUT2D eigenvalue weighted by atomic mass is 19.2. The zero-order valence-corrected chi connectivity index (χ0v) is 12.1. The molecule has 0 bridgehead atoms. The molecule has 1 aromatic carbocycles. The predicted molar refractivity (Wildman–Crippen MR) is 77.1 cm³/mol. The maximum atomic E-state index is 13.3. The maximum Gasteiger partial charge on any atom is 0.159 e. The summed E-state index contributed by atoms with van der Waals surface area (Å²) in [4.78, 5) is 4.25. The third-order valence-corrected chi connectivity index (χ3v) is 4.37. The normalized spacial score (nSPS) is 17.9. The molecule has 1 aromatic heterocycles. The summed E-state index contributed by atoms with van der Waals surface area (Å²) in [6.45, 7) is 4.74.